The molecule has 0 radical (unpaired) electrons. The van der Waals surface area contributed by atoms with Gasteiger partial charge >= 0.3 is 5.97 Å². The van der Waals surface area contributed by atoms with Gasteiger partial charge in [-0.2, -0.15) is 5.10 Å². The van der Waals surface area contributed by atoms with Crippen molar-refractivity contribution < 1.29 is 14.6 Å². The van der Waals surface area contributed by atoms with Crippen molar-refractivity contribution in [2.24, 2.45) is 0 Å². The fourth-order valence-corrected chi connectivity index (χ4v) is 2.02. The Morgan fingerprint density at radius 2 is 2.56 bits per heavy atom. The highest BCUT2D eigenvalue weighted by Gasteiger charge is 2.25. The van der Waals surface area contributed by atoms with E-state index in [1.165, 1.54) is 13.3 Å². The number of piperidine rings is 1. The van der Waals surface area contributed by atoms with E-state index in [1.54, 1.807) is 4.68 Å². The Kier molecular flexibility index (Phi) is 3.09. The monoisotopic (exact) mass is 225 g/mol. The highest BCUT2D eigenvalue weighted by Crippen LogP contribution is 2.24. The lowest BCUT2D eigenvalue weighted by Gasteiger charge is -2.23. The van der Waals surface area contributed by atoms with E-state index in [-0.39, 0.29) is 11.7 Å². The Morgan fingerprint density at radius 3 is 3.12 bits per heavy atom. The van der Waals surface area contributed by atoms with Gasteiger partial charge in [-0.1, -0.05) is 0 Å². The quantitative estimate of drug-likeness (QED) is 0.784. The highest BCUT2D eigenvalue weighted by molar-refractivity contribution is 5.88. The first kappa shape index (κ1) is 10.9. The number of aromatic carboxylic acids is 1. The fourth-order valence-electron chi connectivity index (χ4n) is 2.02. The number of methoxy groups -OCH3 is 1. The molecule has 0 saturated carbocycles. The highest BCUT2D eigenvalue weighted by atomic mass is 16.5. The van der Waals surface area contributed by atoms with Gasteiger partial charge in [0.1, 0.15) is 0 Å². The number of carbonyl (C=O) groups is 1. The van der Waals surface area contributed by atoms with Gasteiger partial charge in [0, 0.05) is 6.54 Å². The van der Waals surface area contributed by atoms with E-state index in [9.17, 15) is 4.79 Å². The number of rotatable bonds is 3. The van der Waals surface area contributed by atoms with Crippen LogP contribution in [-0.2, 0) is 0 Å². The summed E-state index contributed by atoms with van der Waals surface area (Å²) in [6.45, 7) is 1.74. The Balaban J connectivity index is 2.32. The third-order valence-corrected chi connectivity index (χ3v) is 2.80. The fraction of sp³-hybridized carbons (Fsp3) is 0.600. The normalized spacial score (nSPS) is 20.7. The molecule has 16 heavy (non-hydrogen) atoms. The Labute approximate surface area is 93.2 Å². The van der Waals surface area contributed by atoms with Crippen LogP contribution < -0.4 is 10.1 Å². The molecule has 0 spiro atoms. The largest absolute Gasteiger partial charge is 0.493 e. The molecule has 1 aliphatic rings. The molecule has 1 fully saturated rings. The number of hydrogen-bond acceptors (Lipinski definition) is 4. The summed E-state index contributed by atoms with van der Waals surface area (Å²) in [7, 11) is 1.45. The number of aromatic nitrogens is 2. The first-order chi connectivity index (χ1) is 7.74. The number of hydrogen-bond donors (Lipinski definition) is 2. The smallest absolute Gasteiger partial charge is 0.358 e. The standard InChI is InChI=1S/C10H15N3O3/c1-16-8-6-12-13(9(8)10(14)15)7-3-2-4-11-5-7/h6-7,11H,2-5H2,1H3,(H,14,15). The molecule has 0 aromatic carbocycles. The van der Waals surface area contributed by atoms with Gasteiger partial charge in [0.05, 0.1) is 19.3 Å². The van der Waals surface area contributed by atoms with Crippen molar-refractivity contribution in [2.45, 2.75) is 18.9 Å². The summed E-state index contributed by atoms with van der Waals surface area (Å²) in [5.74, 6) is -0.682. The first-order valence-electron chi connectivity index (χ1n) is 5.29. The SMILES string of the molecule is COc1cnn(C2CCCNC2)c1C(=O)O. The Bertz CT molecular complexity index is 383. The number of carboxylic acids is 1. The minimum absolute atomic E-state index is 0.101. The lowest BCUT2D eigenvalue weighted by atomic mass is 10.1. The van der Waals surface area contributed by atoms with Crippen molar-refractivity contribution in [1.82, 2.24) is 15.1 Å². The Morgan fingerprint density at radius 1 is 1.75 bits per heavy atom. The molecule has 1 atom stereocenters. The minimum Gasteiger partial charge on any atom is -0.493 e. The average molecular weight is 225 g/mol. The topological polar surface area (TPSA) is 76.4 Å². The van der Waals surface area contributed by atoms with Gasteiger partial charge in [0.25, 0.3) is 0 Å². The van der Waals surface area contributed by atoms with E-state index in [0.29, 0.717) is 5.75 Å². The maximum atomic E-state index is 11.1. The van der Waals surface area contributed by atoms with E-state index in [0.717, 1.165) is 25.9 Å². The molecule has 0 amide bonds. The van der Waals surface area contributed by atoms with Crippen LogP contribution in [0.1, 0.15) is 29.4 Å². The third-order valence-electron chi connectivity index (χ3n) is 2.80. The molecule has 0 bridgehead atoms. The molecule has 6 nitrogen and oxygen atoms in total. The first-order valence-corrected chi connectivity index (χ1v) is 5.29. The Hall–Kier alpha value is -1.56. The predicted molar refractivity (Wildman–Crippen MR) is 56.9 cm³/mol. The van der Waals surface area contributed by atoms with E-state index in [4.69, 9.17) is 9.84 Å². The van der Waals surface area contributed by atoms with Crippen LogP contribution in [0.4, 0.5) is 0 Å². The molecule has 2 rings (SSSR count). The van der Waals surface area contributed by atoms with Crippen LogP contribution in [0.3, 0.4) is 0 Å². The second-order valence-corrected chi connectivity index (χ2v) is 3.81. The van der Waals surface area contributed by atoms with E-state index >= 15 is 0 Å². The maximum Gasteiger partial charge on any atom is 0.358 e. The van der Waals surface area contributed by atoms with Crippen LogP contribution >= 0.6 is 0 Å². The molecule has 88 valence electrons. The average Bonchev–Trinajstić information content (AvgIpc) is 2.73. The van der Waals surface area contributed by atoms with Gasteiger partial charge in [-0.05, 0) is 19.4 Å². The molecule has 6 heteroatoms. The van der Waals surface area contributed by atoms with Gasteiger partial charge in [-0.3, -0.25) is 4.68 Å². The second kappa shape index (κ2) is 4.52. The van der Waals surface area contributed by atoms with Crippen LogP contribution in [0, 0.1) is 0 Å². The summed E-state index contributed by atoms with van der Waals surface area (Å²) in [5, 5.41) is 16.5. The lowest BCUT2D eigenvalue weighted by Crippen LogP contribution is -2.33. The number of nitrogens with one attached hydrogen (secondary N) is 1. The molecule has 1 aromatic heterocycles. The van der Waals surface area contributed by atoms with Gasteiger partial charge in [-0.25, -0.2) is 4.79 Å². The lowest BCUT2D eigenvalue weighted by molar-refractivity contribution is 0.0675. The van der Waals surface area contributed by atoms with E-state index in [2.05, 4.69) is 10.4 Å². The van der Waals surface area contributed by atoms with Crippen LogP contribution in [0.5, 0.6) is 5.75 Å². The summed E-state index contributed by atoms with van der Waals surface area (Å²) in [5.41, 5.74) is 0.135. The zero-order valence-corrected chi connectivity index (χ0v) is 9.14. The van der Waals surface area contributed by atoms with Crippen LogP contribution in [-0.4, -0.2) is 41.1 Å². The predicted octanol–water partition coefficient (Wildman–Crippen LogP) is 0.514. The van der Waals surface area contributed by atoms with Crippen molar-refractivity contribution >= 4 is 5.97 Å². The van der Waals surface area contributed by atoms with Gasteiger partial charge in [-0.15, -0.1) is 0 Å². The van der Waals surface area contributed by atoms with Gasteiger partial charge < -0.3 is 15.2 Å². The van der Waals surface area contributed by atoms with Crippen molar-refractivity contribution in [3.63, 3.8) is 0 Å². The van der Waals surface area contributed by atoms with E-state index in [1.807, 2.05) is 0 Å². The molecule has 2 heterocycles. The van der Waals surface area contributed by atoms with Crippen molar-refractivity contribution in [1.29, 1.82) is 0 Å². The van der Waals surface area contributed by atoms with E-state index < -0.39 is 5.97 Å². The van der Waals surface area contributed by atoms with Crippen LogP contribution in [0.2, 0.25) is 0 Å². The molecule has 2 N–H and O–H groups in total. The molecule has 1 aliphatic heterocycles. The molecule has 1 unspecified atom stereocenters. The van der Waals surface area contributed by atoms with Crippen molar-refractivity contribution in [2.75, 3.05) is 20.2 Å². The molecular formula is C10H15N3O3. The van der Waals surface area contributed by atoms with Gasteiger partial charge in [0.2, 0.25) is 0 Å². The molecule has 0 aliphatic carbocycles. The minimum atomic E-state index is -1.00. The zero-order valence-electron chi connectivity index (χ0n) is 9.14. The molecular weight excluding hydrogens is 210 g/mol. The van der Waals surface area contributed by atoms with Crippen molar-refractivity contribution in [3.05, 3.63) is 11.9 Å². The summed E-state index contributed by atoms with van der Waals surface area (Å²) >= 11 is 0. The summed E-state index contributed by atoms with van der Waals surface area (Å²) in [6.07, 6.45) is 3.43. The van der Waals surface area contributed by atoms with Crippen LogP contribution in [0.15, 0.2) is 6.20 Å². The third kappa shape index (κ3) is 1.88. The molecule has 1 saturated heterocycles. The maximum absolute atomic E-state index is 11.1. The number of nitrogens with zero attached hydrogens (tertiary/aromatic N) is 2. The summed E-state index contributed by atoms with van der Waals surface area (Å²) in [4.78, 5) is 11.1. The van der Waals surface area contributed by atoms with Crippen molar-refractivity contribution in [3.8, 4) is 5.75 Å². The molecule has 1 aromatic rings. The summed E-state index contributed by atoms with van der Waals surface area (Å²) < 4.78 is 6.54. The zero-order chi connectivity index (χ0) is 11.5. The second-order valence-electron chi connectivity index (χ2n) is 3.81. The number of ether oxygens (including phenoxy) is 1. The number of carboxylic acid groups (broad SMARTS) is 1. The summed E-state index contributed by atoms with van der Waals surface area (Å²) in [6, 6.07) is 0.101. The van der Waals surface area contributed by atoms with Gasteiger partial charge in [0.15, 0.2) is 11.4 Å². The van der Waals surface area contributed by atoms with Crippen LogP contribution in [0.25, 0.3) is 0 Å².